The highest BCUT2D eigenvalue weighted by atomic mass is 16.5. The summed E-state index contributed by atoms with van der Waals surface area (Å²) in [7, 11) is 1.55. The molecule has 0 aromatic rings. The second-order valence-electron chi connectivity index (χ2n) is 5.43. The topological polar surface area (TPSA) is 38.3 Å². The van der Waals surface area contributed by atoms with Crippen molar-refractivity contribution < 1.29 is 9.53 Å². The van der Waals surface area contributed by atoms with Gasteiger partial charge in [0.2, 0.25) is 5.91 Å². The number of methoxy groups -OCH3 is 1. The average molecular weight is 271 g/mol. The molecule has 3 heteroatoms. The number of ether oxygens (including phenoxy) is 1. The molecule has 0 aliphatic heterocycles. The van der Waals surface area contributed by atoms with Crippen molar-refractivity contribution >= 4 is 5.91 Å². The Kier molecular flexibility index (Phi) is 13.4. The van der Waals surface area contributed by atoms with Crippen molar-refractivity contribution in [3.05, 3.63) is 0 Å². The first-order chi connectivity index (χ1) is 9.24. The van der Waals surface area contributed by atoms with Crippen molar-refractivity contribution in [2.24, 2.45) is 5.92 Å². The molecule has 0 saturated heterocycles. The molecule has 0 aliphatic rings. The fourth-order valence-corrected chi connectivity index (χ4v) is 2.38. The third-order valence-corrected chi connectivity index (χ3v) is 3.58. The van der Waals surface area contributed by atoms with Gasteiger partial charge in [0.05, 0.1) is 0 Å². The van der Waals surface area contributed by atoms with Gasteiger partial charge in [-0.2, -0.15) is 0 Å². The van der Waals surface area contributed by atoms with Crippen molar-refractivity contribution in [2.45, 2.75) is 71.6 Å². The van der Waals surface area contributed by atoms with E-state index >= 15 is 0 Å². The summed E-state index contributed by atoms with van der Waals surface area (Å²) in [6, 6.07) is 0. The van der Waals surface area contributed by atoms with Gasteiger partial charge in [-0.25, -0.2) is 0 Å². The van der Waals surface area contributed by atoms with E-state index in [9.17, 15) is 4.79 Å². The summed E-state index contributed by atoms with van der Waals surface area (Å²) in [5.41, 5.74) is 0. The van der Waals surface area contributed by atoms with Gasteiger partial charge in [0.1, 0.15) is 6.61 Å². The Labute approximate surface area is 119 Å². The molecule has 0 radical (unpaired) electrons. The van der Waals surface area contributed by atoms with Gasteiger partial charge in [0.15, 0.2) is 0 Å². The standard InChI is InChI=1S/C16H33NO2/c1-4-6-8-9-11-15(10-7-5-2)12-13-17-16(18)14-19-3/h15H,4-14H2,1-3H3,(H,17,18). The van der Waals surface area contributed by atoms with E-state index in [1.807, 2.05) is 0 Å². The zero-order chi connectivity index (χ0) is 14.3. The summed E-state index contributed by atoms with van der Waals surface area (Å²) >= 11 is 0. The van der Waals surface area contributed by atoms with Gasteiger partial charge in [-0.3, -0.25) is 4.79 Å². The molecular formula is C16H33NO2. The molecule has 0 spiro atoms. The highest BCUT2D eigenvalue weighted by molar-refractivity contribution is 5.77. The maximum absolute atomic E-state index is 11.3. The van der Waals surface area contributed by atoms with Gasteiger partial charge >= 0.3 is 0 Å². The van der Waals surface area contributed by atoms with Gasteiger partial charge in [-0.15, -0.1) is 0 Å². The Bertz CT molecular complexity index is 207. The zero-order valence-electron chi connectivity index (χ0n) is 13.2. The number of hydrogen-bond acceptors (Lipinski definition) is 2. The lowest BCUT2D eigenvalue weighted by Gasteiger charge is -2.17. The normalized spacial score (nSPS) is 12.4. The molecular weight excluding hydrogens is 238 g/mol. The van der Waals surface area contributed by atoms with Gasteiger partial charge in [0, 0.05) is 13.7 Å². The van der Waals surface area contributed by atoms with Crippen LogP contribution < -0.4 is 5.32 Å². The van der Waals surface area contributed by atoms with E-state index in [4.69, 9.17) is 4.74 Å². The van der Waals surface area contributed by atoms with Gasteiger partial charge in [0.25, 0.3) is 0 Å². The third kappa shape index (κ3) is 12.2. The quantitative estimate of drug-likeness (QED) is 0.516. The van der Waals surface area contributed by atoms with Crippen LogP contribution in [0.25, 0.3) is 0 Å². The number of amides is 1. The summed E-state index contributed by atoms with van der Waals surface area (Å²) in [6.07, 6.45) is 11.7. The van der Waals surface area contributed by atoms with E-state index in [1.165, 1.54) is 51.4 Å². The SMILES string of the molecule is CCCCCCC(CCCC)CCNC(=O)COC. The first-order valence-corrected chi connectivity index (χ1v) is 8.00. The molecule has 1 atom stereocenters. The van der Waals surface area contributed by atoms with Crippen LogP contribution >= 0.6 is 0 Å². The molecule has 0 bridgehead atoms. The molecule has 1 unspecified atom stereocenters. The highest BCUT2D eigenvalue weighted by Crippen LogP contribution is 2.20. The van der Waals surface area contributed by atoms with Crippen LogP contribution in [-0.2, 0) is 9.53 Å². The molecule has 114 valence electrons. The Morgan fingerprint density at radius 1 is 1.00 bits per heavy atom. The lowest BCUT2D eigenvalue weighted by molar-refractivity contribution is -0.124. The van der Waals surface area contributed by atoms with E-state index in [1.54, 1.807) is 7.11 Å². The van der Waals surface area contributed by atoms with Crippen LogP contribution in [0.1, 0.15) is 71.6 Å². The van der Waals surface area contributed by atoms with Crippen LogP contribution in [0.3, 0.4) is 0 Å². The number of nitrogens with one attached hydrogen (secondary N) is 1. The predicted octanol–water partition coefficient (Wildman–Crippen LogP) is 3.92. The summed E-state index contributed by atoms with van der Waals surface area (Å²) < 4.78 is 4.81. The van der Waals surface area contributed by atoms with Gasteiger partial charge in [-0.1, -0.05) is 65.2 Å². The fourth-order valence-electron chi connectivity index (χ4n) is 2.38. The van der Waals surface area contributed by atoms with E-state index in [0.717, 1.165) is 18.9 Å². The largest absolute Gasteiger partial charge is 0.375 e. The first-order valence-electron chi connectivity index (χ1n) is 8.00. The monoisotopic (exact) mass is 271 g/mol. The number of rotatable bonds is 13. The van der Waals surface area contributed by atoms with Crippen molar-refractivity contribution in [3.63, 3.8) is 0 Å². The summed E-state index contributed by atoms with van der Waals surface area (Å²) in [6.45, 7) is 5.47. The van der Waals surface area contributed by atoms with Crippen molar-refractivity contribution in [2.75, 3.05) is 20.3 Å². The number of carbonyl (C=O) groups excluding carboxylic acids is 1. The lowest BCUT2D eigenvalue weighted by Crippen LogP contribution is -2.29. The predicted molar refractivity (Wildman–Crippen MR) is 81.3 cm³/mol. The smallest absolute Gasteiger partial charge is 0.245 e. The summed E-state index contributed by atoms with van der Waals surface area (Å²) in [4.78, 5) is 11.3. The van der Waals surface area contributed by atoms with Crippen molar-refractivity contribution in [1.82, 2.24) is 5.32 Å². The molecule has 0 saturated carbocycles. The third-order valence-electron chi connectivity index (χ3n) is 3.58. The molecule has 0 fully saturated rings. The molecule has 19 heavy (non-hydrogen) atoms. The van der Waals surface area contributed by atoms with Crippen LogP contribution in [0.15, 0.2) is 0 Å². The second kappa shape index (κ2) is 13.9. The molecule has 1 amide bonds. The van der Waals surface area contributed by atoms with E-state index in [0.29, 0.717) is 0 Å². The number of unbranched alkanes of at least 4 members (excludes halogenated alkanes) is 4. The molecule has 0 aromatic heterocycles. The summed E-state index contributed by atoms with van der Waals surface area (Å²) in [5.74, 6) is 0.780. The van der Waals surface area contributed by atoms with Crippen LogP contribution in [-0.4, -0.2) is 26.2 Å². The first kappa shape index (κ1) is 18.4. The molecule has 1 N–H and O–H groups in total. The van der Waals surface area contributed by atoms with Crippen LogP contribution in [0.4, 0.5) is 0 Å². The maximum atomic E-state index is 11.3. The Morgan fingerprint density at radius 3 is 2.32 bits per heavy atom. The lowest BCUT2D eigenvalue weighted by atomic mass is 9.92. The second-order valence-corrected chi connectivity index (χ2v) is 5.43. The van der Waals surface area contributed by atoms with E-state index in [-0.39, 0.29) is 12.5 Å². The van der Waals surface area contributed by atoms with E-state index in [2.05, 4.69) is 19.2 Å². The minimum absolute atomic E-state index is 0.00252. The molecule has 0 aliphatic carbocycles. The molecule has 0 heterocycles. The zero-order valence-corrected chi connectivity index (χ0v) is 13.2. The molecule has 3 nitrogen and oxygen atoms in total. The minimum Gasteiger partial charge on any atom is -0.375 e. The average Bonchev–Trinajstić information content (AvgIpc) is 2.40. The van der Waals surface area contributed by atoms with Crippen LogP contribution in [0.5, 0.6) is 0 Å². The van der Waals surface area contributed by atoms with Crippen molar-refractivity contribution in [3.8, 4) is 0 Å². The number of carbonyl (C=O) groups is 1. The van der Waals surface area contributed by atoms with Gasteiger partial charge < -0.3 is 10.1 Å². The molecule has 0 rings (SSSR count). The van der Waals surface area contributed by atoms with Crippen molar-refractivity contribution in [1.29, 1.82) is 0 Å². The maximum Gasteiger partial charge on any atom is 0.245 e. The van der Waals surface area contributed by atoms with Gasteiger partial charge in [-0.05, 0) is 12.3 Å². The van der Waals surface area contributed by atoms with E-state index < -0.39 is 0 Å². The van der Waals surface area contributed by atoms with Crippen LogP contribution in [0.2, 0.25) is 0 Å². The highest BCUT2D eigenvalue weighted by Gasteiger charge is 2.09. The summed E-state index contributed by atoms with van der Waals surface area (Å²) in [5, 5.41) is 2.93. The minimum atomic E-state index is 0.00252. The number of hydrogen-bond donors (Lipinski definition) is 1. The Balaban J connectivity index is 3.75. The fraction of sp³-hybridized carbons (Fsp3) is 0.938. The molecule has 0 aromatic carbocycles. The van der Waals surface area contributed by atoms with Crippen LogP contribution in [0, 0.1) is 5.92 Å². The Morgan fingerprint density at radius 2 is 1.68 bits per heavy atom. The Hall–Kier alpha value is -0.570.